The van der Waals surface area contributed by atoms with Crippen LogP contribution in [0.3, 0.4) is 0 Å². The molecule has 2 aliphatic heterocycles. The molecule has 2 aliphatic rings. The van der Waals surface area contributed by atoms with Crippen molar-refractivity contribution in [2.24, 2.45) is 5.92 Å². The summed E-state index contributed by atoms with van der Waals surface area (Å²) in [4.78, 5) is 15.8. The molecule has 0 saturated carbocycles. The molecule has 2 aromatic rings. The fourth-order valence-corrected chi connectivity index (χ4v) is 6.24. The summed E-state index contributed by atoms with van der Waals surface area (Å²) in [5.74, 6) is 1.24. The average Bonchev–Trinajstić information content (AvgIpc) is 3.08. The number of piperidine rings is 1. The van der Waals surface area contributed by atoms with Crippen molar-refractivity contribution in [3.63, 3.8) is 0 Å². The topological polar surface area (TPSA) is 110 Å². The SMILES string of the molecule is Cc1nc(CNc2ccc(S(=O)(=O)N3CCC[C@H](C)C3)cc2[N+](=O)[O-])c2n1CCCC2. The summed E-state index contributed by atoms with van der Waals surface area (Å²) < 4.78 is 29.7. The molecule has 0 unspecified atom stereocenters. The van der Waals surface area contributed by atoms with Gasteiger partial charge in [-0.3, -0.25) is 10.1 Å². The van der Waals surface area contributed by atoms with Crippen LogP contribution in [-0.2, 0) is 29.5 Å². The van der Waals surface area contributed by atoms with E-state index < -0.39 is 14.9 Å². The first-order valence-corrected chi connectivity index (χ1v) is 12.3. The second-order valence-corrected chi connectivity index (χ2v) is 10.5. The first-order chi connectivity index (χ1) is 14.8. The van der Waals surface area contributed by atoms with E-state index in [0.29, 0.717) is 25.3 Å². The third-order valence-corrected chi connectivity index (χ3v) is 8.12. The fourth-order valence-electron chi connectivity index (χ4n) is 4.62. The van der Waals surface area contributed by atoms with Crippen LogP contribution in [0.4, 0.5) is 11.4 Å². The largest absolute Gasteiger partial charge is 0.374 e. The van der Waals surface area contributed by atoms with Crippen LogP contribution in [0.5, 0.6) is 0 Å². The number of anilines is 1. The van der Waals surface area contributed by atoms with Crippen molar-refractivity contribution in [2.45, 2.75) is 63.9 Å². The van der Waals surface area contributed by atoms with E-state index in [1.54, 1.807) is 0 Å². The van der Waals surface area contributed by atoms with Gasteiger partial charge in [-0.2, -0.15) is 4.31 Å². The minimum absolute atomic E-state index is 0.0333. The summed E-state index contributed by atoms with van der Waals surface area (Å²) >= 11 is 0. The number of hydrogen-bond acceptors (Lipinski definition) is 6. The Morgan fingerprint density at radius 2 is 2.06 bits per heavy atom. The number of nitrogens with zero attached hydrogens (tertiary/aromatic N) is 4. The van der Waals surface area contributed by atoms with Gasteiger partial charge in [0.2, 0.25) is 10.0 Å². The minimum Gasteiger partial charge on any atom is -0.374 e. The lowest BCUT2D eigenvalue weighted by Gasteiger charge is -2.30. The quantitative estimate of drug-likeness (QED) is 0.536. The normalized spacial score (nSPS) is 19.7. The van der Waals surface area contributed by atoms with E-state index in [4.69, 9.17) is 0 Å². The lowest BCUT2D eigenvalue weighted by atomic mass is 10.0. The third-order valence-electron chi connectivity index (χ3n) is 6.26. The van der Waals surface area contributed by atoms with Crippen LogP contribution in [0.1, 0.15) is 49.8 Å². The highest BCUT2D eigenvalue weighted by molar-refractivity contribution is 7.89. The first kappa shape index (κ1) is 21.8. The Labute approximate surface area is 182 Å². The van der Waals surface area contributed by atoms with Crippen LogP contribution in [0.25, 0.3) is 0 Å². The van der Waals surface area contributed by atoms with Gasteiger partial charge in [0.25, 0.3) is 5.69 Å². The van der Waals surface area contributed by atoms with Gasteiger partial charge in [-0.15, -0.1) is 0 Å². The number of aryl methyl sites for hydroxylation is 1. The number of sulfonamides is 1. The van der Waals surface area contributed by atoms with Crippen LogP contribution in [0.2, 0.25) is 0 Å². The third kappa shape index (κ3) is 4.31. The summed E-state index contributed by atoms with van der Waals surface area (Å²) in [6.45, 7) is 6.21. The van der Waals surface area contributed by atoms with Crippen LogP contribution in [0, 0.1) is 23.0 Å². The molecule has 1 aromatic heterocycles. The van der Waals surface area contributed by atoms with Crippen molar-refractivity contribution in [2.75, 3.05) is 18.4 Å². The predicted molar refractivity (Wildman–Crippen MR) is 117 cm³/mol. The zero-order valence-corrected chi connectivity index (χ0v) is 18.8. The molecular formula is C21H29N5O4S. The summed E-state index contributed by atoms with van der Waals surface area (Å²) in [6.07, 6.45) is 4.99. The van der Waals surface area contributed by atoms with Crippen molar-refractivity contribution in [3.8, 4) is 0 Å². The lowest BCUT2D eigenvalue weighted by molar-refractivity contribution is -0.384. The Morgan fingerprint density at radius 1 is 1.26 bits per heavy atom. The van der Waals surface area contributed by atoms with Gasteiger partial charge in [-0.1, -0.05) is 6.92 Å². The highest BCUT2D eigenvalue weighted by Gasteiger charge is 2.30. The summed E-state index contributed by atoms with van der Waals surface area (Å²) in [7, 11) is -3.76. The molecule has 31 heavy (non-hydrogen) atoms. The van der Waals surface area contributed by atoms with Crippen molar-refractivity contribution in [1.82, 2.24) is 13.9 Å². The maximum absolute atomic E-state index is 13.0. The summed E-state index contributed by atoms with van der Waals surface area (Å²) in [6, 6.07) is 4.12. The smallest absolute Gasteiger partial charge is 0.293 e. The number of nitro groups is 1. The molecule has 1 saturated heterocycles. The van der Waals surface area contributed by atoms with Crippen molar-refractivity contribution < 1.29 is 13.3 Å². The Bertz CT molecular complexity index is 1100. The highest BCUT2D eigenvalue weighted by Crippen LogP contribution is 2.31. The zero-order chi connectivity index (χ0) is 22.2. The van der Waals surface area contributed by atoms with E-state index in [0.717, 1.165) is 50.2 Å². The summed E-state index contributed by atoms with van der Waals surface area (Å²) in [5.41, 5.74) is 2.13. The number of nitro benzene ring substituents is 1. The maximum atomic E-state index is 13.0. The van der Waals surface area contributed by atoms with Gasteiger partial charge in [-0.25, -0.2) is 13.4 Å². The van der Waals surface area contributed by atoms with Crippen LogP contribution >= 0.6 is 0 Å². The molecule has 1 fully saturated rings. The van der Waals surface area contributed by atoms with Crippen LogP contribution in [-0.4, -0.2) is 40.3 Å². The molecule has 1 atom stereocenters. The standard InChI is InChI=1S/C21H29N5O4S/c1-15-6-5-10-24(14-15)31(29,30)17-8-9-18(21(12-17)26(27)28)22-13-19-20-7-3-4-11-25(20)16(2)23-19/h8-9,12,15,22H,3-7,10-11,13-14H2,1-2H3/t15-/m0/s1. The van der Waals surface area contributed by atoms with Crippen molar-refractivity contribution in [1.29, 1.82) is 0 Å². The van der Waals surface area contributed by atoms with Crippen LogP contribution in [0.15, 0.2) is 23.1 Å². The second kappa shape index (κ2) is 8.58. The Balaban J connectivity index is 1.58. The maximum Gasteiger partial charge on any atom is 0.293 e. The number of nitrogens with one attached hydrogen (secondary N) is 1. The number of benzene rings is 1. The second-order valence-electron chi connectivity index (χ2n) is 8.56. The molecule has 1 N–H and O–H groups in total. The van der Waals surface area contributed by atoms with Crippen molar-refractivity contribution in [3.05, 3.63) is 45.5 Å². The number of rotatable bonds is 6. The molecule has 3 heterocycles. The van der Waals surface area contributed by atoms with E-state index in [1.807, 2.05) is 13.8 Å². The molecule has 10 heteroatoms. The highest BCUT2D eigenvalue weighted by atomic mass is 32.2. The monoisotopic (exact) mass is 447 g/mol. The molecule has 1 aromatic carbocycles. The lowest BCUT2D eigenvalue weighted by Crippen LogP contribution is -2.39. The van der Waals surface area contributed by atoms with E-state index in [9.17, 15) is 18.5 Å². The van der Waals surface area contributed by atoms with Gasteiger partial charge in [-0.05, 0) is 57.1 Å². The Kier molecular flexibility index (Phi) is 6.02. The number of aromatic nitrogens is 2. The fraction of sp³-hybridized carbons (Fsp3) is 0.571. The van der Waals surface area contributed by atoms with Crippen LogP contribution < -0.4 is 5.32 Å². The molecule has 4 rings (SSSR count). The predicted octanol–water partition coefficient (Wildman–Crippen LogP) is 3.47. The number of fused-ring (bicyclic) bond motifs is 1. The van der Waals surface area contributed by atoms with E-state index >= 15 is 0 Å². The van der Waals surface area contributed by atoms with Gasteiger partial charge in [0, 0.05) is 31.4 Å². The van der Waals surface area contributed by atoms with Gasteiger partial charge < -0.3 is 9.88 Å². The molecule has 0 spiro atoms. The minimum atomic E-state index is -3.76. The Hall–Kier alpha value is -2.46. The van der Waals surface area contributed by atoms with Gasteiger partial charge >= 0.3 is 0 Å². The molecule has 0 amide bonds. The molecular weight excluding hydrogens is 418 g/mol. The van der Waals surface area contributed by atoms with E-state index in [-0.39, 0.29) is 16.5 Å². The molecule has 0 aliphatic carbocycles. The van der Waals surface area contributed by atoms with E-state index in [1.165, 1.54) is 28.2 Å². The summed E-state index contributed by atoms with van der Waals surface area (Å²) in [5, 5.41) is 14.8. The average molecular weight is 448 g/mol. The molecule has 9 nitrogen and oxygen atoms in total. The molecule has 0 bridgehead atoms. The zero-order valence-electron chi connectivity index (χ0n) is 18.0. The number of imidazole rings is 1. The first-order valence-electron chi connectivity index (χ1n) is 10.8. The van der Waals surface area contributed by atoms with Gasteiger partial charge in [0.05, 0.1) is 22.1 Å². The van der Waals surface area contributed by atoms with Gasteiger partial charge in [0.1, 0.15) is 11.5 Å². The van der Waals surface area contributed by atoms with E-state index in [2.05, 4.69) is 14.9 Å². The molecule has 168 valence electrons. The van der Waals surface area contributed by atoms with Crippen molar-refractivity contribution >= 4 is 21.4 Å². The van der Waals surface area contributed by atoms with Gasteiger partial charge in [0.15, 0.2) is 0 Å². The number of hydrogen-bond donors (Lipinski definition) is 1. The Morgan fingerprint density at radius 3 is 2.81 bits per heavy atom. The molecule has 0 radical (unpaired) electrons.